The molecule has 7 nitrogen and oxygen atoms in total. The Labute approximate surface area is 188 Å². The molecule has 0 aliphatic carbocycles. The Morgan fingerprint density at radius 3 is 2.25 bits per heavy atom. The van der Waals surface area contributed by atoms with Crippen molar-refractivity contribution in [2.75, 3.05) is 17.9 Å². The van der Waals surface area contributed by atoms with Gasteiger partial charge in [-0.15, -0.1) is 0 Å². The Morgan fingerprint density at radius 2 is 1.59 bits per heavy atom. The maximum atomic E-state index is 12.4. The van der Waals surface area contributed by atoms with Crippen molar-refractivity contribution in [2.24, 2.45) is 0 Å². The third-order valence-corrected chi connectivity index (χ3v) is 6.18. The van der Waals surface area contributed by atoms with E-state index in [9.17, 15) is 18.6 Å². The van der Waals surface area contributed by atoms with E-state index in [0.717, 1.165) is 12.0 Å². The van der Waals surface area contributed by atoms with E-state index < -0.39 is 16.1 Å². The molecule has 0 aliphatic heterocycles. The minimum absolute atomic E-state index is 0.102. The number of aliphatic hydroxyl groups is 1. The SMILES string of the molecule is C[C@@H](Cc1ccc(NS(=O)(=O)c2ccccc2)cc1)NC[C@H](O)COc1ccc(O)cc1. The number of hydrogen-bond donors (Lipinski definition) is 4. The van der Waals surface area contributed by atoms with Gasteiger partial charge in [0.1, 0.15) is 24.2 Å². The van der Waals surface area contributed by atoms with Crippen LogP contribution in [-0.4, -0.2) is 43.9 Å². The molecule has 0 amide bonds. The summed E-state index contributed by atoms with van der Waals surface area (Å²) < 4.78 is 32.9. The molecule has 32 heavy (non-hydrogen) atoms. The average molecular weight is 457 g/mol. The molecule has 3 rings (SSSR count). The van der Waals surface area contributed by atoms with Gasteiger partial charge in [0, 0.05) is 18.3 Å². The van der Waals surface area contributed by atoms with E-state index in [0.29, 0.717) is 18.0 Å². The Balaban J connectivity index is 1.43. The molecule has 0 spiro atoms. The van der Waals surface area contributed by atoms with Gasteiger partial charge in [-0.1, -0.05) is 30.3 Å². The summed E-state index contributed by atoms with van der Waals surface area (Å²) in [5.74, 6) is 0.743. The molecule has 0 saturated carbocycles. The van der Waals surface area contributed by atoms with Crippen molar-refractivity contribution < 1.29 is 23.4 Å². The summed E-state index contributed by atoms with van der Waals surface area (Å²) in [5.41, 5.74) is 1.54. The molecule has 0 aliphatic rings. The molecule has 0 aromatic heterocycles. The Kier molecular flexibility index (Phi) is 8.10. The van der Waals surface area contributed by atoms with E-state index in [1.807, 2.05) is 19.1 Å². The van der Waals surface area contributed by atoms with Crippen molar-refractivity contribution in [1.82, 2.24) is 5.32 Å². The lowest BCUT2D eigenvalue weighted by Crippen LogP contribution is -2.37. The van der Waals surface area contributed by atoms with Crippen LogP contribution in [0.1, 0.15) is 12.5 Å². The zero-order chi connectivity index (χ0) is 23.0. The van der Waals surface area contributed by atoms with Crippen LogP contribution in [0.15, 0.2) is 83.8 Å². The molecule has 4 N–H and O–H groups in total. The highest BCUT2D eigenvalue weighted by atomic mass is 32.2. The van der Waals surface area contributed by atoms with Crippen LogP contribution in [0.25, 0.3) is 0 Å². The summed E-state index contributed by atoms with van der Waals surface area (Å²) in [6, 6.07) is 21.9. The second-order valence-electron chi connectivity index (χ2n) is 7.59. The number of phenolic OH excluding ortho intramolecular Hbond substituents is 1. The van der Waals surface area contributed by atoms with Gasteiger partial charge in [0.2, 0.25) is 0 Å². The fraction of sp³-hybridized carbons (Fsp3) is 0.250. The van der Waals surface area contributed by atoms with Gasteiger partial charge in [0.25, 0.3) is 10.0 Å². The van der Waals surface area contributed by atoms with Crippen LogP contribution in [0.2, 0.25) is 0 Å². The fourth-order valence-electron chi connectivity index (χ4n) is 3.08. The highest BCUT2D eigenvalue weighted by Crippen LogP contribution is 2.18. The predicted molar refractivity (Wildman–Crippen MR) is 124 cm³/mol. The van der Waals surface area contributed by atoms with Crippen molar-refractivity contribution in [3.8, 4) is 11.5 Å². The Hall–Kier alpha value is -3.07. The number of aromatic hydroxyl groups is 1. The smallest absolute Gasteiger partial charge is 0.261 e. The number of nitrogens with one attached hydrogen (secondary N) is 2. The van der Waals surface area contributed by atoms with Gasteiger partial charge in [-0.05, 0) is 67.4 Å². The number of benzene rings is 3. The minimum Gasteiger partial charge on any atom is -0.508 e. The summed E-state index contributed by atoms with van der Waals surface area (Å²) in [4.78, 5) is 0.217. The Morgan fingerprint density at radius 1 is 0.938 bits per heavy atom. The third kappa shape index (κ3) is 7.26. The molecule has 0 bridgehead atoms. The van der Waals surface area contributed by atoms with Gasteiger partial charge in [0.15, 0.2) is 0 Å². The standard InChI is InChI=1S/C24H28N2O5S/c1-18(25-16-22(28)17-31-23-13-11-21(27)12-14-23)15-19-7-9-20(10-8-19)26-32(29,30)24-5-3-2-4-6-24/h2-14,18,22,25-28H,15-17H2,1H3/t18-,22-/m0/s1. The van der Waals surface area contributed by atoms with Crippen LogP contribution in [0.5, 0.6) is 11.5 Å². The van der Waals surface area contributed by atoms with Gasteiger partial charge < -0.3 is 20.3 Å². The largest absolute Gasteiger partial charge is 0.508 e. The van der Waals surface area contributed by atoms with Gasteiger partial charge in [-0.3, -0.25) is 4.72 Å². The molecule has 0 unspecified atom stereocenters. The lowest BCUT2D eigenvalue weighted by Gasteiger charge is -2.18. The first kappa shape index (κ1) is 23.6. The van der Waals surface area contributed by atoms with Crippen molar-refractivity contribution in [2.45, 2.75) is 30.4 Å². The summed E-state index contributed by atoms with van der Waals surface area (Å²) in [5, 5.41) is 22.7. The molecule has 8 heteroatoms. The molecular formula is C24H28N2O5S. The maximum absolute atomic E-state index is 12.4. The predicted octanol–water partition coefficient (Wildman–Crippen LogP) is 3.15. The first-order chi connectivity index (χ1) is 15.3. The zero-order valence-electron chi connectivity index (χ0n) is 17.8. The highest BCUT2D eigenvalue weighted by molar-refractivity contribution is 7.92. The molecule has 170 valence electrons. The van der Waals surface area contributed by atoms with Crippen LogP contribution in [0, 0.1) is 0 Å². The lowest BCUT2D eigenvalue weighted by molar-refractivity contribution is 0.104. The summed E-state index contributed by atoms with van der Waals surface area (Å²) in [7, 11) is -3.61. The third-order valence-electron chi connectivity index (χ3n) is 4.78. The van der Waals surface area contributed by atoms with E-state index in [2.05, 4.69) is 10.0 Å². The first-order valence-electron chi connectivity index (χ1n) is 10.3. The van der Waals surface area contributed by atoms with Crippen molar-refractivity contribution >= 4 is 15.7 Å². The summed E-state index contributed by atoms with van der Waals surface area (Å²) >= 11 is 0. The summed E-state index contributed by atoms with van der Waals surface area (Å²) in [6.07, 6.45) is 0.0399. The molecule has 0 fully saturated rings. The topological polar surface area (TPSA) is 108 Å². The number of phenols is 1. The zero-order valence-corrected chi connectivity index (χ0v) is 18.6. The average Bonchev–Trinajstić information content (AvgIpc) is 2.79. The van der Waals surface area contributed by atoms with Crippen molar-refractivity contribution in [1.29, 1.82) is 0 Å². The summed E-state index contributed by atoms with van der Waals surface area (Å²) in [6.45, 7) is 2.52. The van der Waals surface area contributed by atoms with E-state index in [-0.39, 0.29) is 23.3 Å². The van der Waals surface area contributed by atoms with Crippen molar-refractivity contribution in [3.05, 3.63) is 84.4 Å². The van der Waals surface area contributed by atoms with Gasteiger partial charge in [0.05, 0.1) is 4.90 Å². The number of anilines is 1. The van der Waals surface area contributed by atoms with E-state index in [4.69, 9.17) is 4.74 Å². The first-order valence-corrected chi connectivity index (χ1v) is 11.8. The van der Waals surface area contributed by atoms with Crippen molar-refractivity contribution in [3.63, 3.8) is 0 Å². The number of rotatable bonds is 11. The maximum Gasteiger partial charge on any atom is 0.261 e. The minimum atomic E-state index is -3.61. The highest BCUT2D eigenvalue weighted by Gasteiger charge is 2.14. The molecular weight excluding hydrogens is 428 g/mol. The van der Waals surface area contributed by atoms with Crippen LogP contribution >= 0.6 is 0 Å². The van der Waals surface area contributed by atoms with Gasteiger partial charge in [-0.25, -0.2) is 8.42 Å². The Bertz CT molecular complexity index is 1070. The molecule has 0 radical (unpaired) electrons. The lowest BCUT2D eigenvalue weighted by atomic mass is 10.1. The number of sulfonamides is 1. The molecule has 0 heterocycles. The quantitative estimate of drug-likeness (QED) is 0.353. The number of hydrogen-bond acceptors (Lipinski definition) is 6. The molecule has 2 atom stereocenters. The van der Waals surface area contributed by atoms with E-state index >= 15 is 0 Å². The van der Waals surface area contributed by atoms with Crippen LogP contribution in [0.4, 0.5) is 5.69 Å². The van der Waals surface area contributed by atoms with Crippen LogP contribution in [0.3, 0.4) is 0 Å². The van der Waals surface area contributed by atoms with E-state index in [1.54, 1.807) is 54.6 Å². The second kappa shape index (κ2) is 11.0. The van der Waals surface area contributed by atoms with Gasteiger partial charge in [-0.2, -0.15) is 0 Å². The molecule has 3 aromatic rings. The van der Waals surface area contributed by atoms with Crippen LogP contribution < -0.4 is 14.8 Å². The molecule has 3 aromatic carbocycles. The normalized spacial score (nSPS) is 13.3. The van der Waals surface area contributed by atoms with E-state index in [1.165, 1.54) is 12.1 Å². The van der Waals surface area contributed by atoms with Gasteiger partial charge >= 0.3 is 0 Å². The second-order valence-corrected chi connectivity index (χ2v) is 9.27. The monoisotopic (exact) mass is 456 g/mol. The molecule has 0 saturated heterocycles. The number of ether oxygens (including phenoxy) is 1. The fourth-order valence-corrected chi connectivity index (χ4v) is 4.16. The van der Waals surface area contributed by atoms with Crippen LogP contribution in [-0.2, 0) is 16.4 Å². The number of aliphatic hydroxyl groups excluding tert-OH is 1.